The van der Waals surface area contributed by atoms with Gasteiger partial charge in [-0.1, -0.05) is 34.9 Å². The molecule has 3 rings (SSSR count). The number of nitrogen functional groups attached to an aromatic ring is 1. The van der Waals surface area contributed by atoms with E-state index in [2.05, 4.69) is 26.1 Å². The number of aryl methyl sites for hydroxylation is 1. The van der Waals surface area contributed by atoms with Gasteiger partial charge in [-0.15, -0.1) is 5.10 Å². The van der Waals surface area contributed by atoms with E-state index >= 15 is 0 Å². The van der Waals surface area contributed by atoms with Crippen LogP contribution in [-0.4, -0.2) is 27.9 Å². The van der Waals surface area contributed by atoms with E-state index in [-0.39, 0.29) is 22.8 Å². The predicted octanol–water partition coefficient (Wildman–Crippen LogP) is 5.16. The molecule has 0 fully saturated rings. The van der Waals surface area contributed by atoms with E-state index in [4.69, 9.17) is 38.7 Å². The van der Waals surface area contributed by atoms with E-state index in [1.165, 1.54) is 12.1 Å². The average Bonchev–Trinajstić information content (AvgIpc) is 3.24. The lowest BCUT2D eigenvalue weighted by Gasteiger charge is -2.33. The van der Waals surface area contributed by atoms with E-state index < -0.39 is 22.7 Å². The first kappa shape index (κ1) is 28.1. The number of nitrogens with zero attached hydrogens (tertiary/aromatic N) is 2. The number of aromatic nitrogens is 2. The summed E-state index contributed by atoms with van der Waals surface area (Å²) in [5, 5.41) is 17.1. The number of hydrogen-bond acceptors (Lipinski definition) is 8. The summed E-state index contributed by atoms with van der Waals surface area (Å²) < 4.78 is 24.8. The molecule has 0 spiro atoms. The normalized spacial score (nSPS) is 12.9. The van der Waals surface area contributed by atoms with E-state index in [9.17, 15) is 9.18 Å². The highest BCUT2D eigenvalue weighted by molar-refractivity contribution is 7.80. The molecule has 1 unspecified atom stereocenters. The molecule has 1 atom stereocenters. The highest BCUT2D eigenvalue weighted by Gasteiger charge is 2.33. The van der Waals surface area contributed by atoms with Crippen LogP contribution < -0.4 is 21.7 Å². The number of anilines is 3. The van der Waals surface area contributed by atoms with Crippen molar-refractivity contribution in [1.29, 1.82) is 0 Å². The van der Waals surface area contributed by atoms with Gasteiger partial charge in [-0.2, -0.15) is 0 Å². The number of esters is 1. The fourth-order valence-electron chi connectivity index (χ4n) is 3.28. The maximum absolute atomic E-state index is 13.9. The molecule has 5 N–H and O–H groups in total. The zero-order valence-corrected chi connectivity index (χ0v) is 22.8. The molecule has 3 aromatic rings. The summed E-state index contributed by atoms with van der Waals surface area (Å²) in [7, 11) is 0. The van der Waals surface area contributed by atoms with Gasteiger partial charge >= 0.3 is 12.0 Å². The first-order chi connectivity index (χ1) is 17.3. The summed E-state index contributed by atoms with van der Waals surface area (Å²) in [5.41, 5.74) is 7.00. The largest absolute Gasteiger partial charge is 0.462 e. The molecule has 198 valence electrons. The van der Waals surface area contributed by atoms with Gasteiger partial charge in [0, 0.05) is 13.5 Å². The Hall–Kier alpha value is -3.44. The number of carbonyl (C=O) groups excluding carboxylic acids is 1. The van der Waals surface area contributed by atoms with Crippen LogP contribution in [0.25, 0.3) is 0 Å². The van der Waals surface area contributed by atoms with Gasteiger partial charge in [0.1, 0.15) is 12.4 Å². The SMILES string of the molecule is Cc1nnc(NCc2cccc(NC(=S)NC(C)(COC(=O)C(C)(C)C)c3ccc(F)c(Cl)c3)c2N)o1. The van der Waals surface area contributed by atoms with Crippen LogP contribution in [0.3, 0.4) is 0 Å². The Morgan fingerprint density at radius 1 is 1.22 bits per heavy atom. The predicted molar refractivity (Wildman–Crippen MR) is 146 cm³/mol. The minimum absolute atomic E-state index is 0.0626. The molecule has 37 heavy (non-hydrogen) atoms. The van der Waals surface area contributed by atoms with Crippen molar-refractivity contribution < 1.29 is 18.3 Å². The van der Waals surface area contributed by atoms with E-state index in [0.717, 1.165) is 5.56 Å². The lowest BCUT2D eigenvalue weighted by Crippen LogP contribution is -2.49. The Morgan fingerprint density at radius 3 is 2.57 bits per heavy atom. The second-order valence-corrected chi connectivity index (χ2v) is 10.5. The van der Waals surface area contributed by atoms with Crippen LogP contribution in [0, 0.1) is 18.2 Å². The summed E-state index contributed by atoms with van der Waals surface area (Å²) in [4.78, 5) is 12.5. The monoisotopic (exact) mass is 548 g/mol. The fraction of sp³-hybridized carbons (Fsp3) is 0.360. The number of nitrogens with one attached hydrogen (secondary N) is 3. The first-order valence-corrected chi connectivity index (χ1v) is 12.2. The lowest BCUT2D eigenvalue weighted by atomic mass is 9.92. The van der Waals surface area contributed by atoms with Crippen molar-refractivity contribution in [2.45, 2.75) is 46.7 Å². The number of para-hydroxylation sites is 1. The standard InChI is InChI=1S/C25H30ClFN6O3S/c1-14-32-33-22(36-14)29-12-15-7-6-8-19(20(15)28)30-23(37)31-25(5,13-35-21(34)24(2,3)4)16-9-10-18(27)17(26)11-16/h6-11H,12-13,28H2,1-5H3,(H,29,33)(H2,30,31,37). The van der Waals surface area contributed by atoms with Crippen LogP contribution in [0.1, 0.15) is 44.7 Å². The number of hydrogen-bond donors (Lipinski definition) is 4. The van der Waals surface area contributed by atoms with Crippen molar-refractivity contribution >= 4 is 52.3 Å². The fourth-order valence-corrected chi connectivity index (χ4v) is 3.79. The van der Waals surface area contributed by atoms with Crippen LogP contribution in [0.5, 0.6) is 0 Å². The quantitative estimate of drug-likeness (QED) is 0.170. The molecular weight excluding hydrogens is 519 g/mol. The van der Waals surface area contributed by atoms with Crippen LogP contribution >= 0.6 is 23.8 Å². The lowest BCUT2D eigenvalue weighted by molar-refractivity contribution is -0.155. The van der Waals surface area contributed by atoms with E-state index in [1.807, 2.05) is 12.1 Å². The number of rotatable bonds is 8. The Morgan fingerprint density at radius 2 is 1.95 bits per heavy atom. The van der Waals surface area contributed by atoms with Gasteiger partial charge in [0.25, 0.3) is 0 Å². The smallest absolute Gasteiger partial charge is 0.315 e. The molecule has 0 bridgehead atoms. The third kappa shape index (κ3) is 7.30. The van der Waals surface area contributed by atoms with Gasteiger partial charge in [0.2, 0.25) is 5.89 Å². The highest BCUT2D eigenvalue weighted by Crippen LogP contribution is 2.29. The molecule has 0 radical (unpaired) electrons. The van der Waals surface area contributed by atoms with Gasteiger partial charge in [0.15, 0.2) is 5.11 Å². The number of benzene rings is 2. The minimum Gasteiger partial charge on any atom is -0.462 e. The van der Waals surface area contributed by atoms with Crippen molar-refractivity contribution in [1.82, 2.24) is 15.5 Å². The van der Waals surface area contributed by atoms with Crippen molar-refractivity contribution in [3.63, 3.8) is 0 Å². The molecule has 0 aliphatic carbocycles. The second-order valence-electron chi connectivity index (χ2n) is 9.72. The van der Waals surface area contributed by atoms with E-state index in [1.54, 1.807) is 46.8 Å². The van der Waals surface area contributed by atoms with Crippen molar-refractivity contribution in [2.24, 2.45) is 5.41 Å². The molecule has 1 aromatic heterocycles. The Balaban J connectivity index is 1.78. The summed E-state index contributed by atoms with van der Waals surface area (Å²) in [6.45, 7) is 8.99. The van der Waals surface area contributed by atoms with Gasteiger partial charge < -0.3 is 30.8 Å². The molecular formula is C25H30ClFN6O3S. The summed E-state index contributed by atoms with van der Waals surface area (Å²) in [5.74, 6) is -0.511. The molecule has 1 heterocycles. The van der Waals surface area contributed by atoms with Crippen LogP contribution in [0.15, 0.2) is 40.8 Å². The number of ether oxygens (including phenoxy) is 1. The first-order valence-electron chi connectivity index (χ1n) is 11.4. The maximum atomic E-state index is 13.9. The third-order valence-corrected chi connectivity index (χ3v) is 5.94. The highest BCUT2D eigenvalue weighted by atomic mass is 35.5. The summed E-state index contributed by atoms with van der Waals surface area (Å²) in [6.07, 6.45) is 0. The number of halogens is 2. The molecule has 9 nitrogen and oxygen atoms in total. The Kier molecular flexibility index (Phi) is 8.60. The molecule has 0 amide bonds. The zero-order chi connectivity index (χ0) is 27.4. The number of thiocarbonyl (C=S) groups is 1. The van der Waals surface area contributed by atoms with Gasteiger partial charge in [-0.3, -0.25) is 4.79 Å². The van der Waals surface area contributed by atoms with Crippen LogP contribution in [0.4, 0.5) is 21.8 Å². The van der Waals surface area contributed by atoms with E-state index in [0.29, 0.717) is 29.4 Å². The third-order valence-electron chi connectivity index (χ3n) is 5.45. The molecule has 0 saturated carbocycles. The van der Waals surface area contributed by atoms with Crippen molar-refractivity contribution in [2.75, 3.05) is 23.0 Å². The van der Waals surface area contributed by atoms with Gasteiger partial charge in [-0.05, 0) is 69.2 Å². The second kappa shape index (κ2) is 11.3. The topological polar surface area (TPSA) is 127 Å². The van der Waals surface area contributed by atoms with Crippen molar-refractivity contribution in [3.8, 4) is 0 Å². The summed E-state index contributed by atoms with van der Waals surface area (Å²) in [6, 6.07) is 10.0. The van der Waals surface area contributed by atoms with Gasteiger partial charge in [0.05, 0.1) is 27.4 Å². The number of carbonyl (C=O) groups is 1. The minimum atomic E-state index is -1.04. The maximum Gasteiger partial charge on any atom is 0.315 e. The average molecular weight is 549 g/mol. The Labute approximate surface area is 225 Å². The molecule has 0 aliphatic heterocycles. The summed E-state index contributed by atoms with van der Waals surface area (Å²) >= 11 is 11.6. The zero-order valence-electron chi connectivity index (χ0n) is 21.2. The molecule has 12 heteroatoms. The van der Waals surface area contributed by atoms with Crippen LogP contribution in [-0.2, 0) is 21.6 Å². The molecule has 0 aliphatic rings. The van der Waals surface area contributed by atoms with Gasteiger partial charge in [-0.25, -0.2) is 4.39 Å². The number of nitrogens with two attached hydrogens (primary N) is 1. The van der Waals surface area contributed by atoms with Crippen molar-refractivity contribution in [3.05, 3.63) is 64.3 Å². The van der Waals surface area contributed by atoms with Crippen LogP contribution in [0.2, 0.25) is 5.02 Å². The molecule has 2 aromatic carbocycles. The molecule has 0 saturated heterocycles. The Bertz CT molecular complexity index is 1300.